The van der Waals surface area contributed by atoms with E-state index in [0.29, 0.717) is 0 Å². The lowest BCUT2D eigenvalue weighted by Crippen LogP contribution is -1.76. The van der Waals surface area contributed by atoms with Crippen LogP contribution >= 0.6 is 11.3 Å². The molecule has 0 radical (unpaired) electrons. The quantitative estimate of drug-likeness (QED) is 0.705. The summed E-state index contributed by atoms with van der Waals surface area (Å²) in [5.41, 5.74) is 1.83. The van der Waals surface area contributed by atoms with E-state index < -0.39 is 0 Å². The summed E-state index contributed by atoms with van der Waals surface area (Å²) >= 11 is 1.59. The van der Waals surface area contributed by atoms with Crippen LogP contribution < -0.4 is 0 Å². The zero-order valence-electron chi connectivity index (χ0n) is 9.11. The van der Waals surface area contributed by atoms with Crippen molar-refractivity contribution in [1.82, 2.24) is 4.98 Å². The van der Waals surface area contributed by atoms with Crippen molar-refractivity contribution in [2.45, 2.75) is 13.8 Å². The summed E-state index contributed by atoms with van der Waals surface area (Å²) in [5, 5.41) is 10.1. The Hall–Kier alpha value is -1.79. The Morgan fingerprint density at radius 1 is 1.25 bits per heavy atom. The van der Waals surface area contributed by atoms with Gasteiger partial charge in [0, 0.05) is 10.4 Å². The molecule has 80 valence electrons. The number of phenols is 1. The molecule has 0 spiro atoms. The largest absolute Gasteiger partial charge is 0.508 e. The van der Waals surface area contributed by atoms with Gasteiger partial charge in [-0.2, -0.15) is 0 Å². The minimum atomic E-state index is 0.235. The molecule has 0 aliphatic rings. The molecule has 2 rings (SSSR count). The van der Waals surface area contributed by atoms with Crippen LogP contribution in [0.4, 0.5) is 0 Å². The molecule has 0 bridgehead atoms. The first-order valence-electron chi connectivity index (χ1n) is 4.90. The second-order valence-electron chi connectivity index (χ2n) is 3.46. The Labute approximate surface area is 98.6 Å². The summed E-state index contributed by atoms with van der Waals surface area (Å²) in [6.45, 7) is 4.01. The van der Waals surface area contributed by atoms with Gasteiger partial charge in [-0.15, -0.1) is 11.3 Å². The first-order chi connectivity index (χ1) is 7.65. The number of aryl methyl sites for hydroxylation is 2. The molecule has 0 atom stereocenters. The van der Waals surface area contributed by atoms with Gasteiger partial charge in [0.25, 0.3) is 0 Å². The van der Waals surface area contributed by atoms with E-state index in [1.54, 1.807) is 29.5 Å². The molecule has 1 aromatic carbocycles. The van der Waals surface area contributed by atoms with Gasteiger partial charge in [-0.25, -0.2) is 4.98 Å². The number of hydrogen-bond acceptors (Lipinski definition) is 3. The number of aromatic hydroxyl groups is 1. The number of phenolic OH excluding ortho intramolecular Hbond substituents is 1. The van der Waals surface area contributed by atoms with Crippen molar-refractivity contribution >= 4 is 11.3 Å². The molecule has 16 heavy (non-hydrogen) atoms. The fourth-order valence-electron chi connectivity index (χ4n) is 1.24. The number of benzene rings is 1. The summed E-state index contributed by atoms with van der Waals surface area (Å²) in [6, 6.07) is 6.90. The van der Waals surface area contributed by atoms with Crippen molar-refractivity contribution in [2.75, 3.05) is 0 Å². The van der Waals surface area contributed by atoms with E-state index in [1.165, 1.54) is 4.88 Å². The Balaban J connectivity index is 2.28. The van der Waals surface area contributed by atoms with E-state index in [-0.39, 0.29) is 5.75 Å². The fraction of sp³-hybridized carbons (Fsp3) is 0.154. The SMILES string of the molecule is Cc1nc(C#Cc2cccc(O)c2)sc1C. The van der Waals surface area contributed by atoms with Crippen LogP contribution in [0.2, 0.25) is 0 Å². The van der Waals surface area contributed by atoms with Gasteiger partial charge in [-0.05, 0) is 38.0 Å². The summed E-state index contributed by atoms with van der Waals surface area (Å²) in [4.78, 5) is 5.52. The first kappa shape index (κ1) is 10.7. The molecule has 2 nitrogen and oxygen atoms in total. The van der Waals surface area contributed by atoms with Crippen LogP contribution in [-0.4, -0.2) is 10.1 Å². The van der Waals surface area contributed by atoms with E-state index in [1.807, 2.05) is 19.9 Å². The maximum atomic E-state index is 9.28. The van der Waals surface area contributed by atoms with Gasteiger partial charge < -0.3 is 5.11 Å². The lowest BCUT2D eigenvalue weighted by molar-refractivity contribution is 0.475. The third kappa shape index (κ3) is 2.41. The molecule has 1 aromatic heterocycles. The monoisotopic (exact) mass is 229 g/mol. The highest BCUT2D eigenvalue weighted by Gasteiger charge is 1.99. The van der Waals surface area contributed by atoms with Crippen molar-refractivity contribution in [3.8, 4) is 17.6 Å². The second-order valence-corrected chi connectivity index (χ2v) is 4.66. The van der Waals surface area contributed by atoms with Crippen molar-refractivity contribution in [1.29, 1.82) is 0 Å². The highest BCUT2D eigenvalue weighted by atomic mass is 32.1. The van der Waals surface area contributed by atoms with E-state index in [9.17, 15) is 5.11 Å². The van der Waals surface area contributed by atoms with Crippen LogP contribution in [0.3, 0.4) is 0 Å². The molecule has 0 amide bonds. The summed E-state index contributed by atoms with van der Waals surface area (Å²) in [7, 11) is 0. The summed E-state index contributed by atoms with van der Waals surface area (Å²) < 4.78 is 0. The Morgan fingerprint density at radius 3 is 2.69 bits per heavy atom. The number of thiazole rings is 1. The van der Waals surface area contributed by atoms with Crippen molar-refractivity contribution in [3.05, 3.63) is 45.4 Å². The van der Waals surface area contributed by atoms with Gasteiger partial charge >= 0.3 is 0 Å². The molecular weight excluding hydrogens is 218 g/mol. The van der Waals surface area contributed by atoms with Crippen LogP contribution in [0, 0.1) is 25.7 Å². The highest BCUT2D eigenvalue weighted by molar-refractivity contribution is 7.12. The van der Waals surface area contributed by atoms with Crippen LogP contribution in [0.5, 0.6) is 5.75 Å². The van der Waals surface area contributed by atoms with Crippen LogP contribution in [0.25, 0.3) is 0 Å². The van der Waals surface area contributed by atoms with Gasteiger partial charge in [0.1, 0.15) is 5.75 Å². The molecule has 0 saturated heterocycles. The van der Waals surface area contributed by atoms with E-state index in [0.717, 1.165) is 16.3 Å². The molecule has 3 heteroatoms. The minimum absolute atomic E-state index is 0.235. The minimum Gasteiger partial charge on any atom is -0.508 e. The molecule has 0 aliphatic heterocycles. The lowest BCUT2D eigenvalue weighted by atomic mass is 10.2. The molecule has 1 heterocycles. The van der Waals surface area contributed by atoms with Gasteiger partial charge in [0.15, 0.2) is 5.01 Å². The van der Waals surface area contributed by atoms with Crippen LogP contribution in [0.15, 0.2) is 24.3 Å². The second kappa shape index (κ2) is 4.38. The third-order valence-corrected chi connectivity index (χ3v) is 3.18. The Morgan fingerprint density at radius 2 is 2.06 bits per heavy atom. The molecular formula is C13H11NOS. The predicted molar refractivity (Wildman–Crippen MR) is 65.7 cm³/mol. The predicted octanol–water partition coefficient (Wildman–Crippen LogP) is 2.87. The topological polar surface area (TPSA) is 33.1 Å². The van der Waals surface area contributed by atoms with Crippen LogP contribution in [-0.2, 0) is 0 Å². The van der Waals surface area contributed by atoms with Crippen molar-refractivity contribution in [2.24, 2.45) is 0 Å². The van der Waals surface area contributed by atoms with Crippen LogP contribution in [0.1, 0.15) is 21.1 Å². The summed E-state index contributed by atoms with van der Waals surface area (Å²) in [5.74, 6) is 6.21. The number of nitrogens with zero attached hydrogens (tertiary/aromatic N) is 1. The summed E-state index contributed by atoms with van der Waals surface area (Å²) in [6.07, 6.45) is 0. The number of aromatic nitrogens is 1. The van der Waals surface area contributed by atoms with Gasteiger partial charge in [0.2, 0.25) is 0 Å². The lowest BCUT2D eigenvalue weighted by Gasteiger charge is -1.90. The van der Waals surface area contributed by atoms with Gasteiger partial charge in [0.05, 0.1) is 5.69 Å². The number of rotatable bonds is 0. The fourth-order valence-corrected chi connectivity index (χ4v) is 2.00. The zero-order chi connectivity index (χ0) is 11.5. The van der Waals surface area contributed by atoms with E-state index in [4.69, 9.17) is 0 Å². The average molecular weight is 229 g/mol. The van der Waals surface area contributed by atoms with Gasteiger partial charge in [-0.3, -0.25) is 0 Å². The molecule has 0 aliphatic carbocycles. The first-order valence-corrected chi connectivity index (χ1v) is 5.72. The molecule has 1 N–H and O–H groups in total. The molecule has 0 saturated carbocycles. The molecule has 0 fully saturated rings. The van der Waals surface area contributed by atoms with Crippen molar-refractivity contribution in [3.63, 3.8) is 0 Å². The van der Waals surface area contributed by atoms with Crippen molar-refractivity contribution < 1.29 is 5.11 Å². The maximum Gasteiger partial charge on any atom is 0.167 e. The normalized spacial score (nSPS) is 9.62. The Kier molecular flexibility index (Phi) is 2.93. The number of hydrogen-bond donors (Lipinski definition) is 1. The Bertz CT molecular complexity index is 556. The van der Waals surface area contributed by atoms with E-state index in [2.05, 4.69) is 16.8 Å². The van der Waals surface area contributed by atoms with Gasteiger partial charge in [-0.1, -0.05) is 12.0 Å². The average Bonchev–Trinajstić information content (AvgIpc) is 2.56. The maximum absolute atomic E-state index is 9.28. The highest BCUT2D eigenvalue weighted by Crippen LogP contribution is 2.15. The molecule has 0 unspecified atom stereocenters. The smallest absolute Gasteiger partial charge is 0.167 e. The standard InChI is InChI=1S/C13H11NOS/c1-9-10(2)16-13(14-9)7-6-11-4-3-5-12(15)8-11/h3-5,8,15H,1-2H3. The molecule has 2 aromatic rings. The van der Waals surface area contributed by atoms with E-state index >= 15 is 0 Å². The zero-order valence-corrected chi connectivity index (χ0v) is 9.93. The third-order valence-electron chi connectivity index (χ3n) is 2.19.